The van der Waals surface area contributed by atoms with Gasteiger partial charge in [0.1, 0.15) is 5.75 Å². The summed E-state index contributed by atoms with van der Waals surface area (Å²) in [6.45, 7) is 2.14. The van der Waals surface area contributed by atoms with Crippen LogP contribution in [0, 0.1) is 12.7 Å². The van der Waals surface area contributed by atoms with Crippen LogP contribution in [-0.2, 0) is 6.54 Å². The molecule has 0 saturated carbocycles. The summed E-state index contributed by atoms with van der Waals surface area (Å²) in [6, 6.07) is 6.83. The van der Waals surface area contributed by atoms with E-state index in [0.29, 0.717) is 15.8 Å². The molecule has 18 heavy (non-hydrogen) atoms. The Bertz CT molecular complexity index is 558. The number of ether oxygens (including phenoxy) is 1. The first-order valence-electron chi connectivity index (χ1n) is 5.39. The van der Waals surface area contributed by atoms with E-state index in [1.165, 1.54) is 0 Å². The lowest BCUT2D eigenvalue weighted by Crippen LogP contribution is -2.00. The van der Waals surface area contributed by atoms with E-state index in [9.17, 15) is 4.39 Å². The van der Waals surface area contributed by atoms with Gasteiger partial charge in [-0.25, -0.2) is 4.39 Å². The second-order valence-corrected chi connectivity index (χ2v) is 4.59. The third kappa shape index (κ3) is 2.68. The Hall–Kier alpha value is -1.46. The Kier molecular flexibility index (Phi) is 3.93. The molecule has 1 aromatic heterocycles. The largest absolute Gasteiger partial charge is 0.453 e. The van der Waals surface area contributed by atoms with E-state index in [2.05, 4.69) is 20.9 Å². The average Bonchev–Trinajstić information content (AvgIpc) is 2.38. The van der Waals surface area contributed by atoms with Crippen molar-refractivity contribution in [2.45, 2.75) is 13.5 Å². The van der Waals surface area contributed by atoms with Gasteiger partial charge in [-0.2, -0.15) is 0 Å². The first-order chi connectivity index (χ1) is 8.61. The number of halogens is 2. The fourth-order valence-corrected chi connectivity index (χ4v) is 1.94. The lowest BCUT2D eigenvalue weighted by molar-refractivity contribution is 0.438. The standard InChI is InChI=1S/C13H12BrFN2O/c1-8-2-4-10(7-17-8)18-11-5-3-9(6-16)12(14)13(11)15/h2-5,7H,6,16H2,1H3. The second kappa shape index (κ2) is 5.46. The SMILES string of the molecule is Cc1ccc(Oc2ccc(CN)c(Br)c2F)cn1. The molecule has 0 unspecified atom stereocenters. The fraction of sp³-hybridized carbons (Fsp3) is 0.154. The topological polar surface area (TPSA) is 48.1 Å². The molecule has 2 N–H and O–H groups in total. The second-order valence-electron chi connectivity index (χ2n) is 3.79. The molecule has 0 atom stereocenters. The van der Waals surface area contributed by atoms with Crippen molar-refractivity contribution in [1.29, 1.82) is 0 Å². The molecule has 5 heteroatoms. The van der Waals surface area contributed by atoms with Crippen molar-refractivity contribution in [2.75, 3.05) is 0 Å². The van der Waals surface area contributed by atoms with Gasteiger partial charge in [0.15, 0.2) is 11.6 Å². The molecular formula is C13H12BrFN2O. The normalized spacial score (nSPS) is 10.4. The number of pyridine rings is 1. The number of rotatable bonds is 3. The molecule has 0 fully saturated rings. The monoisotopic (exact) mass is 310 g/mol. The summed E-state index contributed by atoms with van der Waals surface area (Å²) in [4.78, 5) is 4.08. The molecule has 0 amide bonds. The Labute approximate surface area is 113 Å². The van der Waals surface area contributed by atoms with Gasteiger partial charge in [-0.05, 0) is 46.6 Å². The molecule has 0 radical (unpaired) electrons. The lowest BCUT2D eigenvalue weighted by atomic mass is 10.2. The van der Waals surface area contributed by atoms with Crippen LogP contribution in [0.15, 0.2) is 34.9 Å². The maximum Gasteiger partial charge on any atom is 0.180 e. The molecule has 0 saturated heterocycles. The highest BCUT2D eigenvalue weighted by Crippen LogP contribution is 2.31. The van der Waals surface area contributed by atoms with Crippen LogP contribution in [0.5, 0.6) is 11.5 Å². The highest BCUT2D eigenvalue weighted by atomic mass is 79.9. The number of hydrogen-bond acceptors (Lipinski definition) is 3. The van der Waals surface area contributed by atoms with E-state index < -0.39 is 5.82 Å². The number of hydrogen-bond donors (Lipinski definition) is 1. The van der Waals surface area contributed by atoms with Gasteiger partial charge in [0.05, 0.1) is 10.7 Å². The van der Waals surface area contributed by atoms with Crippen LogP contribution in [-0.4, -0.2) is 4.98 Å². The van der Waals surface area contributed by atoms with Crippen LogP contribution in [0.25, 0.3) is 0 Å². The first-order valence-corrected chi connectivity index (χ1v) is 6.18. The Morgan fingerprint density at radius 2 is 2.11 bits per heavy atom. The molecule has 0 aliphatic carbocycles. The zero-order chi connectivity index (χ0) is 13.1. The van der Waals surface area contributed by atoms with Crippen molar-refractivity contribution in [3.05, 3.63) is 52.0 Å². The molecule has 0 bridgehead atoms. The molecule has 0 aliphatic heterocycles. The van der Waals surface area contributed by atoms with E-state index in [-0.39, 0.29) is 12.3 Å². The van der Waals surface area contributed by atoms with Crippen LogP contribution in [0.1, 0.15) is 11.3 Å². The highest BCUT2D eigenvalue weighted by molar-refractivity contribution is 9.10. The highest BCUT2D eigenvalue weighted by Gasteiger charge is 2.12. The van der Waals surface area contributed by atoms with E-state index >= 15 is 0 Å². The Morgan fingerprint density at radius 3 is 2.72 bits per heavy atom. The minimum absolute atomic E-state index is 0.143. The summed E-state index contributed by atoms with van der Waals surface area (Å²) in [7, 11) is 0. The van der Waals surface area contributed by atoms with E-state index in [1.54, 1.807) is 30.5 Å². The van der Waals surface area contributed by atoms with Crippen LogP contribution >= 0.6 is 15.9 Å². The molecule has 0 aliphatic rings. The van der Waals surface area contributed by atoms with Crippen LogP contribution in [0.3, 0.4) is 0 Å². The summed E-state index contributed by atoms with van der Waals surface area (Å²) < 4.78 is 19.7. The van der Waals surface area contributed by atoms with Gasteiger partial charge < -0.3 is 10.5 Å². The van der Waals surface area contributed by atoms with E-state index in [4.69, 9.17) is 10.5 Å². The predicted molar refractivity (Wildman–Crippen MR) is 71.0 cm³/mol. The number of benzene rings is 1. The minimum atomic E-state index is -0.460. The summed E-state index contributed by atoms with van der Waals surface area (Å²) in [6.07, 6.45) is 1.56. The fourth-order valence-electron chi connectivity index (χ4n) is 1.45. The van der Waals surface area contributed by atoms with Crippen molar-refractivity contribution in [3.63, 3.8) is 0 Å². The molecule has 2 aromatic rings. The molecule has 1 heterocycles. The third-order valence-electron chi connectivity index (χ3n) is 2.46. The van der Waals surface area contributed by atoms with Crippen molar-refractivity contribution in [2.24, 2.45) is 5.73 Å². The third-order valence-corrected chi connectivity index (χ3v) is 3.32. The van der Waals surface area contributed by atoms with Crippen LogP contribution in [0.2, 0.25) is 0 Å². The Morgan fingerprint density at radius 1 is 1.33 bits per heavy atom. The first kappa shape index (κ1) is 13.0. The van der Waals surface area contributed by atoms with Gasteiger partial charge >= 0.3 is 0 Å². The van der Waals surface area contributed by atoms with Crippen LogP contribution < -0.4 is 10.5 Å². The maximum atomic E-state index is 14.0. The lowest BCUT2D eigenvalue weighted by Gasteiger charge is -2.09. The molecule has 1 aromatic carbocycles. The predicted octanol–water partition coefficient (Wildman–Crippen LogP) is 3.54. The summed E-state index contributed by atoms with van der Waals surface area (Å²) >= 11 is 3.17. The van der Waals surface area contributed by atoms with Crippen molar-refractivity contribution in [1.82, 2.24) is 4.98 Å². The number of nitrogens with two attached hydrogens (primary N) is 1. The van der Waals surface area contributed by atoms with E-state index in [0.717, 1.165) is 5.69 Å². The smallest absolute Gasteiger partial charge is 0.180 e. The molecular weight excluding hydrogens is 299 g/mol. The van der Waals surface area contributed by atoms with Gasteiger partial charge in [-0.3, -0.25) is 4.98 Å². The number of nitrogens with zero attached hydrogens (tertiary/aromatic N) is 1. The Balaban J connectivity index is 2.29. The zero-order valence-electron chi connectivity index (χ0n) is 9.78. The average molecular weight is 311 g/mol. The van der Waals surface area contributed by atoms with Gasteiger partial charge in [-0.15, -0.1) is 0 Å². The number of aromatic nitrogens is 1. The van der Waals surface area contributed by atoms with Crippen molar-refractivity contribution in [3.8, 4) is 11.5 Å². The quantitative estimate of drug-likeness (QED) is 0.943. The van der Waals surface area contributed by atoms with Gasteiger partial charge in [0.25, 0.3) is 0 Å². The van der Waals surface area contributed by atoms with Crippen molar-refractivity contribution >= 4 is 15.9 Å². The summed E-state index contributed by atoms with van der Waals surface area (Å²) in [5.41, 5.74) is 7.06. The van der Waals surface area contributed by atoms with Gasteiger partial charge in [0.2, 0.25) is 0 Å². The summed E-state index contributed by atoms with van der Waals surface area (Å²) in [5.74, 6) is 0.176. The van der Waals surface area contributed by atoms with Gasteiger partial charge in [-0.1, -0.05) is 6.07 Å². The maximum absolute atomic E-state index is 14.0. The minimum Gasteiger partial charge on any atom is -0.453 e. The van der Waals surface area contributed by atoms with E-state index in [1.807, 2.05) is 6.92 Å². The molecule has 2 rings (SSSR count). The molecule has 94 valence electrons. The van der Waals surface area contributed by atoms with Gasteiger partial charge in [0, 0.05) is 12.2 Å². The summed E-state index contributed by atoms with van der Waals surface area (Å²) in [5, 5.41) is 0. The zero-order valence-corrected chi connectivity index (χ0v) is 11.4. The van der Waals surface area contributed by atoms with Crippen molar-refractivity contribution < 1.29 is 9.13 Å². The molecule has 0 spiro atoms. The molecule has 3 nitrogen and oxygen atoms in total. The van der Waals surface area contributed by atoms with Crippen LogP contribution in [0.4, 0.5) is 4.39 Å². The number of aryl methyl sites for hydroxylation is 1.